The summed E-state index contributed by atoms with van der Waals surface area (Å²) in [6, 6.07) is 0. The zero-order chi connectivity index (χ0) is 19.7. The number of carboxylic acid groups (broad SMARTS) is 2. The molecule has 12 heteroatoms. The number of rotatable bonds is 8. The molecule has 0 amide bonds. The molecule has 0 rings (SSSR count). The molecule has 0 saturated carbocycles. The Labute approximate surface area is 129 Å². The van der Waals surface area contributed by atoms with Crippen molar-refractivity contribution in [1.82, 2.24) is 0 Å². The van der Waals surface area contributed by atoms with Gasteiger partial charge in [0.2, 0.25) is 0 Å². The van der Waals surface area contributed by atoms with Crippen LogP contribution in [0, 0.1) is 5.92 Å². The van der Waals surface area contributed by atoms with Crippen LogP contribution < -0.4 is 0 Å². The minimum absolute atomic E-state index is 1.02. The van der Waals surface area contributed by atoms with Crippen LogP contribution in [0.1, 0.15) is 20.3 Å². The standard InChI is InChI=1S/C12H12F8O4/c1-4(2)6(8(23)24)5(7(21)22)3-10(15,16)12(19,20)11(17,18)9(13)14/h4,9H,3H2,1-2H3,(H,21,22)(H,23,24)/b6-5+. The molecule has 140 valence electrons. The van der Waals surface area contributed by atoms with Crippen molar-refractivity contribution >= 4 is 11.9 Å². The van der Waals surface area contributed by atoms with E-state index in [0.29, 0.717) is 0 Å². The van der Waals surface area contributed by atoms with Crippen LogP contribution in [0.2, 0.25) is 0 Å². The summed E-state index contributed by atoms with van der Waals surface area (Å²) in [6.45, 7) is 2.05. The number of carbonyl (C=O) groups is 2. The van der Waals surface area contributed by atoms with E-state index in [2.05, 4.69) is 0 Å². The summed E-state index contributed by atoms with van der Waals surface area (Å²) >= 11 is 0. The molecule has 2 N–H and O–H groups in total. The summed E-state index contributed by atoms with van der Waals surface area (Å²) in [4.78, 5) is 21.8. The number of aliphatic carboxylic acids is 2. The molecular formula is C12H12F8O4. The molecule has 0 radical (unpaired) electrons. The van der Waals surface area contributed by atoms with E-state index in [1.54, 1.807) is 0 Å². The van der Waals surface area contributed by atoms with E-state index in [9.17, 15) is 44.7 Å². The van der Waals surface area contributed by atoms with Gasteiger partial charge >= 0.3 is 36.1 Å². The lowest BCUT2D eigenvalue weighted by atomic mass is 9.90. The first kappa shape index (κ1) is 22.1. The molecule has 0 saturated heterocycles. The third-order valence-corrected chi connectivity index (χ3v) is 2.94. The van der Waals surface area contributed by atoms with Crippen LogP contribution >= 0.6 is 0 Å². The van der Waals surface area contributed by atoms with Crippen molar-refractivity contribution in [1.29, 1.82) is 0 Å². The van der Waals surface area contributed by atoms with Crippen LogP contribution in [0.4, 0.5) is 35.1 Å². The van der Waals surface area contributed by atoms with Crippen molar-refractivity contribution < 1.29 is 54.9 Å². The highest BCUT2D eigenvalue weighted by Crippen LogP contribution is 2.51. The normalized spacial score (nSPS) is 14.8. The second-order valence-corrected chi connectivity index (χ2v) is 5.04. The molecule has 0 unspecified atom stereocenters. The van der Waals surface area contributed by atoms with Crippen molar-refractivity contribution in [2.24, 2.45) is 5.92 Å². The summed E-state index contributed by atoms with van der Waals surface area (Å²) in [7, 11) is 0. The van der Waals surface area contributed by atoms with Gasteiger partial charge in [0.1, 0.15) is 0 Å². The second-order valence-electron chi connectivity index (χ2n) is 5.04. The summed E-state index contributed by atoms with van der Waals surface area (Å²) < 4.78 is 103. The highest BCUT2D eigenvalue weighted by atomic mass is 19.4. The highest BCUT2D eigenvalue weighted by molar-refractivity contribution is 5.99. The predicted molar refractivity (Wildman–Crippen MR) is 62.6 cm³/mol. The van der Waals surface area contributed by atoms with Gasteiger partial charge in [-0.25, -0.2) is 18.4 Å². The van der Waals surface area contributed by atoms with Gasteiger partial charge in [0.05, 0.1) is 17.6 Å². The molecule has 4 nitrogen and oxygen atoms in total. The average Bonchev–Trinajstić information content (AvgIpc) is 2.35. The third kappa shape index (κ3) is 3.96. The third-order valence-electron chi connectivity index (χ3n) is 2.94. The lowest BCUT2D eigenvalue weighted by molar-refractivity contribution is -0.337. The molecular weight excluding hydrogens is 360 g/mol. The van der Waals surface area contributed by atoms with Gasteiger partial charge in [-0.3, -0.25) is 0 Å². The molecule has 0 aliphatic heterocycles. The zero-order valence-electron chi connectivity index (χ0n) is 12.1. The van der Waals surface area contributed by atoms with E-state index in [-0.39, 0.29) is 0 Å². The average molecular weight is 372 g/mol. The van der Waals surface area contributed by atoms with E-state index in [1.165, 1.54) is 0 Å². The van der Waals surface area contributed by atoms with Gasteiger partial charge in [0, 0.05) is 0 Å². The fourth-order valence-electron chi connectivity index (χ4n) is 1.72. The van der Waals surface area contributed by atoms with Crippen LogP contribution in [0.5, 0.6) is 0 Å². The van der Waals surface area contributed by atoms with E-state index >= 15 is 0 Å². The Morgan fingerprint density at radius 1 is 0.917 bits per heavy atom. The van der Waals surface area contributed by atoms with Gasteiger partial charge in [-0.2, -0.15) is 26.3 Å². The SMILES string of the molecule is CC(C)/C(C(=O)O)=C(/CC(F)(F)C(F)(F)C(F)(F)C(F)F)C(=O)O. The quantitative estimate of drug-likeness (QED) is 0.504. The van der Waals surface area contributed by atoms with Gasteiger partial charge in [0.25, 0.3) is 0 Å². The summed E-state index contributed by atoms with van der Waals surface area (Å²) in [5.74, 6) is -24.7. The molecule has 0 aromatic rings. The molecule has 0 atom stereocenters. The largest absolute Gasteiger partial charge is 0.478 e. The predicted octanol–water partition coefficient (Wildman–Crippen LogP) is 3.67. The minimum atomic E-state index is -6.62. The van der Waals surface area contributed by atoms with Crippen molar-refractivity contribution in [2.75, 3.05) is 0 Å². The molecule has 24 heavy (non-hydrogen) atoms. The molecule has 0 aliphatic carbocycles. The first-order valence-electron chi connectivity index (χ1n) is 6.11. The summed E-state index contributed by atoms with van der Waals surface area (Å²) in [5.41, 5.74) is -3.02. The van der Waals surface area contributed by atoms with Crippen LogP contribution in [0.15, 0.2) is 11.1 Å². The van der Waals surface area contributed by atoms with Crippen LogP contribution in [-0.2, 0) is 9.59 Å². The van der Waals surface area contributed by atoms with Gasteiger partial charge in [-0.05, 0) is 5.92 Å². The maximum Gasteiger partial charge on any atom is 0.378 e. The topological polar surface area (TPSA) is 74.6 Å². The first-order chi connectivity index (χ1) is 10.5. The Balaban J connectivity index is 6.19. The van der Waals surface area contributed by atoms with Crippen LogP contribution in [0.25, 0.3) is 0 Å². The van der Waals surface area contributed by atoms with Gasteiger partial charge in [0.15, 0.2) is 0 Å². The lowest BCUT2D eigenvalue weighted by Crippen LogP contribution is -2.57. The zero-order valence-corrected chi connectivity index (χ0v) is 12.1. The monoisotopic (exact) mass is 372 g/mol. The number of alkyl halides is 8. The molecule has 0 bridgehead atoms. The Hall–Kier alpha value is -1.88. The molecule has 0 aromatic carbocycles. The summed E-state index contributed by atoms with van der Waals surface area (Å²) in [5, 5.41) is 17.5. The molecule has 0 heterocycles. The lowest BCUT2D eigenvalue weighted by Gasteiger charge is -2.32. The van der Waals surface area contributed by atoms with Gasteiger partial charge < -0.3 is 10.2 Å². The highest BCUT2D eigenvalue weighted by Gasteiger charge is 2.75. The van der Waals surface area contributed by atoms with Crippen molar-refractivity contribution in [2.45, 2.75) is 44.5 Å². The van der Waals surface area contributed by atoms with Crippen molar-refractivity contribution in [3.05, 3.63) is 11.1 Å². The maximum absolute atomic E-state index is 13.5. The fraction of sp³-hybridized carbons (Fsp3) is 0.667. The first-order valence-corrected chi connectivity index (χ1v) is 6.11. The smallest absolute Gasteiger partial charge is 0.378 e. The minimum Gasteiger partial charge on any atom is -0.478 e. The van der Waals surface area contributed by atoms with Crippen molar-refractivity contribution in [3.8, 4) is 0 Å². The Morgan fingerprint density at radius 3 is 1.58 bits per heavy atom. The van der Waals surface area contributed by atoms with Crippen LogP contribution in [-0.4, -0.2) is 46.3 Å². The second kappa shape index (κ2) is 6.93. The molecule has 0 spiro atoms. The Morgan fingerprint density at radius 2 is 1.33 bits per heavy atom. The number of halogens is 8. The number of hydrogen-bond acceptors (Lipinski definition) is 2. The number of hydrogen-bond donors (Lipinski definition) is 2. The van der Waals surface area contributed by atoms with Gasteiger partial charge in [-0.15, -0.1) is 0 Å². The summed E-state index contributed by atoms with van der Waals surface area (Å²) in [6.07, 6.45) is -7.82. The van der Waals surface area contributed by atoms with Gasteiger partial charge in [-0.1, -0.05) is 13.8 Å². The number of carboxylic acids is 2. The van der Waals surface area contributed by atoms with Crippen LogP contribution in [0.3, 0.4) is 0 Å². The Bertz CT molecular complexity index is 539. The van der Waals surface area contributed by atoms with E-state index < -0.39 is 59.6 Å². The fourth-order valence-corrected chi connectivity index (χ4v) is 1.72. The molecule has 0 fully saturated rings. The van der Waals surface area contributed by atoms with Crippen molar-refractivity contribution in [3.63, 3.8) is 0 Å². The molecule has 0 aliphatic rings. The van der Waals surface area contributed by atoms with E-state index in [4.69, 9.17) is 10.2 Å². The van der Waals surface area contributed by atoms with E-state index in [1.807, 2.05) is 0 Å². The Kier molecular flexibility index (Phi) is 6.39. The van der Waals surface area contributed by atoms with E-state index in [0.717, 1.165) is 13.8 Å². The molecule has 0 aromatic heterocycles. The maximum atomic E-state index is 13.5.